The van der Waals surface area contributed by atoms with Crippen molar-refractivity contribution in [2.24, 2.45) is 0 Å². The number of nitriles is 1. The molecule has 1 aromatic carbocycles. The summed E-state index contributed by atoms with van der Waals surface area (Å²) < 4.78 is 2.15. The normalized spacial score (nSPS) is 14.6. The van der Waals surface area contributed by atoms with Crippen LogP contribution in [0.2, 0.25) is 0 Å². The minimum absolute atomic E-state index is 0.501. The van der Waals surface area contributed by atoms with Crippen LogP contribution in [0.4, 0.5) is 5.95 Å². The van der Waals surface area contributed by atoms with E-state index in [1.807, 2.05) is 24.4 Å². The van der Waals surface area contributed by atoms with E-state index >= 15 is 0 Å². The summed E-state index contributed by atoms with van der Waals surface area (Å²) in [4.78, 5) is 11.6. The summed E-state index contributed by atoms with van der Waals surface area (Å²) in [6.45, 7) is 2.77. The lowest BCUT2D eigenvalue weighted by molar-refractivity contribution is 0.568. The number of hydrogen-bond donors (Lipinski definition) is 0. The largest absolute Gasteiger partial charge is 0.346 e. The topological polar surface area (TPSA) is 57.7 Å². The molecule has 1 aliphatic rings. The highest BCUT2D eigenvalue weighted by Crippen LogP contribution is 2.30. The fourth-order valence-corrected chi connectivity index (χ4v) is 3.55. The first-order valence-electron chi connectivity index (χ1n) is 8.90. The van der Waals surface area contributed by atoms with Gasteiger partial charge in [-0.3, -0.25) is 0 Å². The molecule has 0 saturated carbocycles. The first kappa shape index (κ1) is 15.6. The van der Waals surface area contributed by atoms with E-state index in [4.69, 9.17) is 10.2 Å². The van der Waals surface area contributed by atoms with Gasteiger partial charge in [0.05, 0.1) is 18.2 Å². The molecule has 5 heteroatoms. The molecule has 5 nitrogen and oxygen atoms in total. The SMILES string of the molecule is N#CCCn1cc(-c2ccnc(N3CCCCC3)n2)c2ccccc21. The average molecular weight is 331 g/mol. The van der Waals surface area contributed by atoms with Gasteiger partial charge >= 0.3 is 0 Å². The Kier molecular flexibility index (Phi) is 4.34. The summed E-state index contributed by atoms with van der Waals surface area (Å²) in [5.74, 6) is 0.825. The van der Waals surface area contributed by atoms with Gasteiger partial charge in [0.25, 0.3) is 0 Å². The molecule has 2 aromatic heterocycles. The van der Waals surface area contributed by atoms with Crippen molar-refractivity contribution in [3.63, 3.8) is 0 Å². The van der Waals surface area contributed by atoms with E-state index in [1.54, 1.807) is 0 Å². The van der Waals surface area contributed by atoms with Crippen molar-refractivity contribution < 1.29 is 0 Å². The van der Waals surface area contributed by atoms with Crippen LogP contribution in [0, 0.1) is 11.3 Å². The van der Waals surface area contributed by atoms with Crippen LogP contribution in [0.25, 0.3) is 22.2 Å². The number of anilines is 1. The van der Waals surface area contributed by atoms with Crippen LogP contribution in [-0.4, -0.2) is 27.6 Å². The highest BCUT2D eigenvalue weighted by atomic mass is 15.2. The van der Waals surface area contributed by atoms with Crippen molar-refractivity contribution in [2.45, 2.75) is 32.2 Å². The summed E-state index contributed by atoms with van der Waals surface area (Å²) in [5.41, 5.74) is 3.20. The van der Waals surface area contributed by atoms with Gasteiger partial charge < -0.3 is 9.47 Å². The van der Waals surface area contributed by atoms with Crippen molar-refractivity contribution in [1.29, 1.82) is 5.26 Å². The van der Waals surface area contributed by atoms with Crippen molar-refractivity contribution in [3.05, 3.63) is 42.7 Å². The van der Waals surface area contributed by atoms with E-state index in [0.29, 0.717) is 13.0 Å². The molecule has 3 heterocycles. The molecule has 4 rings (SSSR count). The fourth-order valence-electron chi connectivity index (χ4n) is 3.55. The first-order chi connectivity index (χ1) is 12.4. The summed E-state index contributed by atoms with van der Waals surface area (Å²) in [5, 5.41) is 10.1. The Balaban J connectivity index is 1.75. The second-order valence-electron chi connectivity index (χ2n) is 6.45. The van der Waals surface area contributed by atoms with E-state index in [-0.39, 0.29) is 0 Å². The number of hydrogen-bond acceptors (Lipinski definition) is 4. The third-order valence-electron chi connectivity index (χ3n) is 4.81. The number of aryl methyl sites for hydroxylation is 1. The molecular weight excluding hydrogens is 310 g/mol. The third kappa shape index (κ3) is 3.08. The summed E-state index contributed by atoms with van der Waals surface area (Å²) in [6, 6.07) is 12.5. The van der Waals surface area contributed by atoms with Gasteiger partial charge in [-0.15, -0.1) is 0 Å². The first-order valence-corrected chi connectivity index (χ1v) is 8.90. The lowest BCUT2D eigenvalue weighted by Crippen LogP contribution is -2.30. The zero-order valence-electron chi connectivity index (χ0n) is 14.2. The fraction of sp³-hybridized carbons (Fsp3) is 0.350. The van der Waals surface area contributed by atoms with Crippen molar-refractivity contribution >= 4 is 16.9 Å². The van der Waals surface area contributed by atoms with Crippen LogP contribution in [0.5, 0.6) is 0 Å². The molecule has 1 saturated heterocycles. The lowest BCUT2D eigenvalue weighted by Gasteiger charge is -2.26. The molecule has 3 aromatic rings. The van der Waals surface area contributed by atoms with Gasteiger partial charge in [0.2, 0.25) is 5.95 Å². The quantitative estimate of drug-likeness (QED) is 0.725. The Morgan fingerprint density at radius 3 is 2.76 bits per heavy atom. The van der Waals surface area contributed by atoms with Gasteiger partial charge in [0.1, 0.15) is 0 Å². The predicted octanol–water partition coefficient (Wildman–Crippen LogP) is 4.00. The van der Waals surface area contributed by atoms with E-state index in [9.17, 15) is 0 Å². The van der Waals surface area contributed by atoms with Crippen LogP contribution in [-0.2, 0) is 6.54 Å². The Labute approximate surface area is 147 Å². The van der Waals surface area contributed by atoms with Gasteiger partial charge in [0.15, 0.2) is 0 Å². The Morgan fingerprint density at radius 2 is 1.92 bits per heavy atom. The summed E-state index contributed by atoms with van der Waals surface area (Å²) in [6.07, 6.45) is 8.18. The average Bonchev–Trinajstić information content (AvgIpc) is 3.06. The van der Waals surface area contributed by atoms with Crippen LogP contribution in [0.3, 0.4) is 0 Å². The van der Waals surface area contributed by atoms with Gasteiger partial charge in [-0.1, -0.05) is 18.2 Å². The number of nitrogens with zero attached hydrogens (tertiary/aromatic N) is 5. The molecule has 126 valence electrons. The van der Waals surface area contributed by atoms with Gasteiger partial charge in [-0.25, -0.2) is 9.97 Å². The van der Waals surface area contributed by atoms with E-state index in [0.717, 1.165) is 35.8 Å². The van der Waals surface area contributed by atoms with Crippen LogP contribution in [0.15, 0.2) is 42.7 Å². The molecular formula is C20H21N5. The number of piperidine rings is 1. The molecule has 1 fully saturated rings. The summed E-state index contributed by atoms with van der Waals surface area (Å²) >= 11 is 0. The number of fused-ring (bicyclic) bond motifs is 1. The minimum atomic E-state index is 0.501. The van der Waals surface area contributed by atoms with Gasteiger partial charge in [-0.05, 0) is 31.4 Å². The Bertz CT molecular complexity index is 915. The van der Waals surface area contributed by atoms with E-state index in [2.05, 4.69) is 38.8 Å². The monoisotopic (exact) mass is 331 g/mol. The second kappa shape index (κ2) is 6.94. The molecule has 0 spiro atoms. The molecule has 0 amide bonds. The molecule has 25 heavy (non-hydrogen) atoms. The molecule has 0 aliphatic carbocycles. The van der Waals surface area contributed by atoms with Crippen molar-refractivity contribution in [2.75, 3.05) is 18.0 Å². The van der Waals surface area contributed by atoms with Crippen LogP contribution < -0.4 is 4.90 Å². The van der Waals surface area contributed by atoms with E-state index in [1.165, 1.54) is 24.6 Å². The molecule has 0 radical (unpaired) electrons. The highest BCUT2D eigenvalue weighted by Gasteiger charge is 2.16. The molecule has 1 aliphatic heterocycles. The summed E-state index contributed by atoms with van der Waals surface area (Å²) in [7, 11) is 0. The maximum atomic E-state index is 8.91. The van der Waals surface area contributed by atoms with Crippen molar-refractivity contribution in [1.82, 2.24) is 14.5 Å². The number of benzene rings is 1. The highest BCUT2D eigenvalue weighted by molar-refractivity contribution is 5.95. The zero-order chi connectivity index (χ0) is 17.1. The maximum absolute atomic E-state index is 8.91. The second-order valence-corrected chi connectivity index (χ2v) is 6.45. The number of aromatic nitrogens is 3. The zero-order valence-corrected chi connectivity index (χ0v) is 14.2. The lowest BCUT2D eigenvalue weighted by atomic mass is 10.1. The molecule has 0 N–H and O–H groups in total. The smallest absolute Gasteiger partial charge is 0.225 e. The van der Waals surface area contributed by atoms with Crippen LogP contribution in [0.1, 0.15) is 25.7 Å². The third-order valence-corrected chi connectivity index (χ3v) is 4.81. The van der Waals surface area contributed by atoms with Gasteiger partial charge in [0, 0.05) is 48.5 Å². The molecule has 0 bridgehead atoms. The Hall–Kier alpha value is -2.87. The van der Waals surface area contributed by atoms with Crippen LogP contribution >= 0.6 is 0 Å². The van der Waals surface area contributed by atoms with Gasteiger partial charge in [-0.2, -0.15) is 5.26 Å². The number of rotatable bonds is 4. The predicted molar refractivity (Wildman–Crippen MR) is 99.3 cm³/mol. The minimum Gasteiger partial charge on any atom is -0.346 e. The standard InChI is InChI=1S/C20H21N5/c21-10-6-14-25-15-17(16-7-2-3-8-19(16)25)18-9-11-22-20(23-18)24-12-4-1-5-13-24/h2-3,7-9,11,15H,1,4-6,12-14H2. The molecule has 0 atom stereocenters. The number of para-hydroxylation sites is 1. The molecule has 0 unspecified atom stereocenters. The maximum Gasteiger partial charge on any atom is 0.225 e. The Morgan fingerprint density at radius 1 is 1.08 bits per heavy atom. The van der Waals surface area contributed by atoms with Crippen molar-refractivity contribution in [3.8, 4) is 17.3 Å². The van der Waals surface area contributed by atoms with E-state index < -0.39 is 0 Å².